The van der Waals surface area contributed by atoms with Crippen molar-refractivity contribution in [3.05, 3.63) is 126 Å². The summed E-state index contributed by atoms with van der Waals surface area (Å²) < 4.78 is 0. The van der Waals surface area contributed by atoms with E-state index >= 15 is 0 Å². The van der Waals surface area contributed by atoms with Gasteiger partial charge in [-0.05, 0) is 40.8 Å². The highest BCUT2D eigenvalue weighted by Crippen LogP contribution is 2.35. The number of nitrogens with zero attached hydrogens (tertiary/aromatic N) is 1. The predicted octanol–water partition coefficient (Wildman–Crippen LogP) is 6.94. The van der Waals surface area contributed by atoms with Gasteiger partial charge in [-0.2, -0.15) is 0 Å². The standard InChI is InChI=1S/C29H26N2/c1-4-10-22(11-5-1)21-31-25-16-17-27(28(20-25)24-14-8-3-9-15-24)29-26(18-19-30-29)23-12-6-2-7-13-23/h1-17,20,26,31H,18-19,21H2. The summed E-state index contributed by atoms with van der Waals surface area (Å²) in [4.78, 5) is 4.97. The molecule has 1 N–H and O–H groups in total. The zero-order chi connectivity index (χ0) is 20.9. The van der Waals surface area contributed by atoms with Crippen molar-refractivity contribution in [2.75, 3.05) is 11.9 Å². The second-order valence-corrected chi connectivity index (χ2v) is 7.98. The Morgan fingerprint density at radius 1 is 0.710 bits per heavy atom. The molecule has 1 heterocycles. The van der Waals surface area contributed by atoms with Crippen LogP contribution in [-0.2, 0) is 6.54 Å². The zero-order valence-electron chi connectivity index (χ0n) is 17.5. The molecule has 4 aromatic rings. The van der Waals surface area contributed by atoms with Crippen LogP contribution in [0.15, 0.2) is 114 Å². The van der Waals surface area contributed by atoms with Crippen LogP contribution in [0, 0.1) is 0 Å². The van der Waals surface area contributed by atoms with E-state index in [4.69, 9.17) is 4.99 Å². The SMILES string of the molecule is c1ccc(CNc2ccc(C3=NCCC3c3ccccc3)c(-c3ccccc3)c2)cc1. The Balaban J connectivity index is 1.51. The Bertz CT molecular complexity index is 1170. The number of benzene rings is 4. The number of aliphatic imine (C=N–C) groups is 1. The summed E-state index contributed by atoms with van der Waals surface area (Å²) in [5.74, 6) is 0.354. The van der Waals surface area contributed by atoms with Crippen molar-refractivity contribution in [3.8, 4) is 11.1 Å². The lowest BCUT2D eigenvalue weighted by molar-refractivity contribution is 0.842. The molecule has 5 rings (SSSR count). The molecule has 1 unspecified atom stereocenters. The molecule has 2 heteroatoms. The van der Waals surface area contributed by atoms with Gasteiger partial charge in [0.15, 0.2) is 0 Å². The molecular formula is C29H26N2. The Labute approximate surface area is 184 Å². The smallest absolute Gasteiger partial charge is 0.0502 e. The van der Waals surface area contributed by atoms with Gasteiger partial charge in [0.25, 0.3) is 0 Å². The first-order valence-corrected chi connectivity index (χ1v) is 11.0. The molecule has 0 aliphatic carbocycles. The van der Waals surface area contributed by atoms with E-state index in [1.165, 1.54) is 33.5 Å². The Kier molecular flexibility index (Phi) is 5.62. The molecule has 4 aromatic carbocycles. The van der Waals surface area contributed by atoms with Crippen LogP contribution in [0.5, 0.6) is 0 Å². The van der Waals surface area contributed by atoms with Gasteiger partial charge in [-0.1, -0.05) is 97.1 Å². The van der Waals surface area contributed by atoms with Crippen molar-refractivity contribution in [1.82, 2.24) is 0 Å². The van der Waals surface area contributed by atoms with Crippen LogP contribution >= 0.6 is 0 Å². The number of hydrogen-bond donors (Lipinski definition) is 1. The lowest BCUT2D eigenvalue weighted by Crippen LogP contribution is -2.11. The van der Waals surface area contributed by atoms with E-state index in [0.717, 1.165) is 25.2 Å². The topological polar surface area (TPSA) is 24.4 Å². The average Bonchev–Trinajstić information content (AvgIpc) is 3.34. The normalized spacial score (nSPS) is 15.5. The third-order valence-corrected chi connectivity index (χ3v) is 5.95. The van der Waals surface area contributed by atoms with E-state index in [1.54, 1.807) is 0 Å². The monoisotopic (exact) mass is 402 g/mol. The highest BCUT2D eigenvalue weighted by atomic mass is 14.9. The van der Waals surface area contributed by atoms with Crippen molar-refractivity contribution >= 4 is 11.4 Å². The van der Waals surface area contributed by atoms with E-state index in [1.807, 2.05) is 0 Å². The molecule has 1 aliphatic rings. The molecular weight excluding hydrogens is 376 g/mol. The molecule has 0 spiro atoms. The Morgan fingerprint density at radius 3 is 2.13 bits per heavy atom. The van der Waals surface area contributed by atoms with E-state index in [2.05, 4.69) is 115 Å². The minimum atomic E-state index is 0.354. The van der Waals surface area contributed by atoms with Crippen LogP contribution in [-0.4, -0.2) is 12.3 Å². The van der Waals surface area contributed by atoms with Crippen molar-refractivity contribution in [1.29, 1.82) is 0 Å². The maximum Gasteiger partial charge on any atom is 0.0502 e. The Hall–Kier alpha value is -3.65. The van der Waals surface area contributed by atoms with Crippen LogP contribution in [0.3, 0.4) is 0 Å². The summed E-state index contributed by atoms with van der Waals surface area (Å²) in [6.07, 6.45) is 1.07. The van der Waals surface area contributed by atoms with E-state index < -0.39 is 0 Å². The third-order valence-electron chi connectivity index (χ3n) is 5.95. The summed E-state index contributed by atoms with van der Waals surface area (Å²) in [7, 11) is 0. The van der Waals surface area contributed by atoms with Crippen molar-refractivity contribution < 1.29 is 0 Å². The Morgan fingerprint density at radius 2 is 1.39 bits per heavy atom. The molecule has 0 fully saturated rings. The first kappa shape index (κ1) is 19.3. The maximum atomic E-state index is 4.97. The molecule has 1 aliphatic heterocycles. The summed E-state index contributed by atoms with van der Waals surface area (Å²) in [6.45, 7) is 1.69. The lowest BCUT2D eigenvalue weighted by Gasteiger charge is -2.18. The van der Waals surface area contributed by atoms with E-state index in [0.29, 0.717) is 5.92 Å². The first-order valence-electron chi connectivity index (χ1n) is 11.0. The second kappa shape index (κ2) is 9.01. The number of hydrogen-bond acceptors (Lipinski definition) is 2. The summed E-state index contributed by atoms with van der Waals surface area (Å²) in [5, 5.41) is 3.59. The minimum absolute atomic E-state index is 0.354. The zero-order valence-corrected chi connectivity index (χ0v) is 17.5. The van der Waals surface area contributed by atoms with Crippen molar-refractivity contribution in [3.63, 3.8) is 0 Å². The van der Waals surface area contributed by atoms with Crippen LogP contribution < -0.4 is 5.32 Å². The van der Waals surface area contributed by atoms with Gasteiger partial charge in [-0.25, -0.2) is 0 Å². The highest BCUT2D eigenvalue weighted by molar-refractivity contribution is 6.11. The minimum Gasteiger partial charge on any atom is -0.381 e. The molecule has 0 saturated heterocycles. The summed E-state index contributed by atoms with van der Waals surface area (Å²) in [5.41, 5.74) is 8.66. The number of nitrogens with one attached hydrogen (secondary N) is 1. The molecule has 1 atom stereocenters. The first-order chi connectivity index (χ1) is 15.4. The van der Waals surface area contributed by atoms with Crippen molar-refractivity contribution in [2.24, 2.45) is 4.99 Å². The fourth-order valence-corrected chi connectivity index (χ4v) is 4.38. The molecule has 0 aromatic heterocycles. The highest BCUT2D eigenvalue weighted by Gasteiger charge is 2.26. The van der Waals surface area contributed by atoms with Gasteiger partial charge in [0.1, 0.15) is 0 Å². The van der Waals surface area contributed by atoms with Crippen molar-refractivity contribution in [2.45, 2.75) is 18.9 Å². The third kappa shape index (κ3) is 4.29. The molecule has 0 amide bonds. The predicted molar refractivity (Wildman–Crippen MR) is 131 cm³/mol. The summed E-state index contributed by atoms with van der Waals surface area (Å²) in [6, 6.07) is 38.7. The molecule has 152 valence electrons. The molecule has 0 radical (unpaired) electrons. The lowest BCUT2D eigenvalue weighted by atomic mass is 9.86. The number of rotatable bonds is 6. The van der Waals surface area contributed by atoms with Gasteiger partial charge in [0.05, 0.1) is 5.71 Å². The molecule has 0 saturated carbocycles. The van der Waals surface area contributed by atoms with Crippen LogP contribution in [0.4, 0.5) is 5.69 Å². The van der Waals surface area contributed by atoms with Crippen LogP contribution in [0.25, 0.3) is 11.1 Å². The molecule has 0 bridgehead atoms. The molecule has 2 nitrogen and oxygen atoms in total. The largest absolute Gasteiger partial charge is 0.381 e. The van der Waals surface area contributed by atoms with Crippen LogP contribution in [0.1, 0.15) is 29.0 Å². The quantitative estimate of drug-likeness (QED) is 0.371. The van der Waals surface area contributed by atoms with Gasteiger partial charge < -0.3 is 5.32 Å². The van der Waals surface area contributed by atoms with E-state index in [9.17, 15) is 0 Å². The fourth-order valence-electron chi connectivity index (χ4n) is 4.38. The number of anilines is 1. The van der Waals surface area contributed by atoms with Gasteiger partial charge in [-0.3, -0.25) is 4.99 Å². The molecule has 31 heavy (non-hydrogen) atoms. The maximum absolute atomic E-state index is 4.97. The second-order valence-electron chi connectivity index (χ2n) is 7.98. The van der Waals surface area contributed by atoms with Gasteiger partial charge in [0.2, 0.25) is 0 Å². The van der Waals surface area contributed by atoms with Crippen LogP contribution in [0.2, 0.25) is 0 Å². The average molecular weight is 403 g/mol. The van der Waals surface area contributed by atoms with Gasteiger partial charge in [0, 0.05) is 30.3 Å². The summed E-state index contributed by atoms with van der Waals surface area (Å²) >= 11 is 0. The van der Waals surface area contributed by atoms with Gasteiger partial charge in [-0.15, -0.1) is 0 Å². The van der Waals surface area contributed by atoms with Gasteiger partial charge >= 0.3 is 0 Å². The van der Waals surface area contributed by atoms with E-state index in [-0.39, 0.29) is 0 Å². The fraction of sp³-hybridized carbons (Fsp3) is 0.138.